The molecule has 0 aliphatic rings. The zero-order valence-electron chi connectivity index (χ0n) is 11.0. The maximum absolute atomic E-state index is 6.11. The molecule has 0 heterocycles. The zero-order chi connectivity index (χ0) is 13.0. The third-order valence-corrected chi connectivity index (χ3v) is 3.26. The number of para-hydroxylation sites is 3. The lowest BCUT2D eigenvalue weighted by atomic mass is 10.1. The molecule has 1 unspecified atom stereocenters. The second-order valence-electron chi connectivity index (χ2n) is 4.52. The number of nitrogen functional groups attached to an aromatic ring is 1. The van der Waals surface area contributed by atoms with Crippen LogP contribution in [0, 0.1) is 0 Å². The van der Waals surface area contributed by atoms with E-state index in [-0.39, 0.29) is 0 Å². The molecule has 94 valence electrons. The normalized spacial score (nSPS) is 12.1. The van der Waals surface area contributed by atoms with Gasteiger partial charge in [0.25, 0.3) is 0 Å². The van der Waals surface area contributed by atoms with Gasteiger partial charge < -0.3 is 10.6 Å². The predicted octanol–water partition coefficient (Wildman–Crippen LogP) is 4.21. The summed E-state index contributed by atoms with van der Waals surface area (Å²) < 4.78 is 0. The highest BCUT2D eigenvalue weighted by Crippen LogP contribution is 2.32. The Morgan fingerprint density at radius 3 is 2.22 bits per heavy atom. The molecule has 0 amide bonds. The molecule has 0 aliphatic heterocycles. The molecule has 1 atom stereocenters. The Hall–Kier alpha value is -1.96. The highest BCUT2D eigenvalue weighted by Gasteiger charge is 2.16. The Labute approximate surface area is 109 Å². The lowest BCUT2D eigenvalue weighted by Gasteiger charge is -2.31. The SMILES string of the molecule is CCC(C)N(c1ccccc1)c1ccccc1N. The molecule has 18 heavy (non-hydrogen) atoms. The van der Waals surface area contributed by atoms with Crippen molar-refractivity contribution in [1.82, 2.24) is 0 Å². The molecule has 0 spiro atoms. The zero-order valence-corrected chi connectivity index (χ0v) is 11.0. The topological polar surface area (TPSA) is 29.3 Å². The van der Waals surface area contributed by atoms with Gasteiger partial charge >= 0.3 is 0 Å². The Morgan fingerprint density at radius 1 is 1.00 bits per heavy atom. The van der Waals surface area contributed by atoms with Crippen molar-refractivity contribution in [3.05, 3.63) is 54.6 Å². The molecule has 0 saturated carbocycles. The molecule has 2 aromatic carbocycles. The molecule has 2 nitrogen and oxygen atoms in total. The highest BCUT2D eigenvalue weighted by molar-refractivity contribution is 5.75. The van der Waals surface area contributed by atoms with Crippen LogP contribution in [0.4, 0.5) is 17.1 Å². The van der Waals surface area contributed by atoms with Crippen molar-refractivity contribution in [3.8, 4) is 0 Å². The summed E-state index contributed by atoms with van der Waals surface area (Å²) in [5, 5.41) is 0. The first kappa shape index (κ1) is 12.5. The first-order chi connectivity index (χ1) is 8.74. The Kier molecular flexibility index (Phi) is 3.88. The summed E-state index contributed by atoms with van der Waals surface area (Å²) in [6, 6.07) is 18.8. The summed E-state index contributed by atoms with van der Waals surface area (Å²) in [5.74, 6) is 0. The van der Waals surface area contributed by atoms with Gasteiger partial charge in [-0.15, -0.1) is 0 Å². The van der Waals surface area contributed by atoms with Crippen molar-refractivity contribution in [2.75, 3.05) is 10.6 Å². The Balaban J connectivity index is 2.47. The van der Waals surface area contributed by atoms with E-state index in [0.717, 1.165) is 17.8 Å². The monoisotopic (exact) mass is 240 g/mol. The van der Waals surface area contributed by atoms with Gasteiger partial charge in [-0.1, -0.05) is 37.3 Å². The van der Waals surface area contributed by atoms with Crippen LogP contribution in [0.25, 0.3) is 0 Å². The fourth-order valence-electron chi connectivity index (χ4n) is 2.11. The Bertz CT molecular complexity index is 493. The van der Waals surface area contributed by atoms with Crippen molar-refractivity contribution in [2.45, 2.75) is 26.3 Å². The second-order valence-corrected chi connectivity index (χ2v) is 4.52. The molecule has 0 saturated heterocycles. The lowest BCUT2D eigenvalue weighted by molar-refractivity contribution is 0.688. The summed E-state index contributed by atoms with van der Waals surface area (Å²) in [5.41, 5.74) is 9.20. The van der Waals surface area contributed by atoms with Crippen LogP contribution in [-0.4, -0.2) is 6.04 Å². The van der Waals surface area contributed by atoms with Crippen LogP contribution in [0.5, 0.6) is 0 Å². The van der Waals surface area contributed by atoms with Gasteiger partial charge in [0.1, 0.15) is 0 Å². The van der Waals surface area contributed by atoms with Crippen LogP contribution in [0.3, 0.4) is 0 Å². The summed E-state index contributed by atoms with van der Waals surface area (Å²) >= 11 is 0. The third-order valence-electron chi connectivity index (χ3n) is 3.26. The first-order valence-corrected chi connectivity index (χ1v) is 6.42. The van der Waals surface area contributed by atoms with Crippen molar-refractivity contribution in [3.63, 3.8) is 0 Å². The van der Waals surface area contributed by atoms with Gasteiger partial charge in [-0.25, -0.2) is 0 Å². The molecule has 0 fully saturated rings. The molecule has 0 bridgehead atoms. The minimum Gasteiger partial charge on any atom is -0.397 e. The van der Waals surface area contributed by atoms with Crippen molar-refractivity contribution in [1.29, 1.82) is 0 Å². The van der Waals surface area contributed by atoms with Gasteiger partial charge in [0, 0.05) is 11.7 Å². The van der Waals surface area contributed by atoms with Gasteiger partial charge in [0.15, 0.2) is 0 Å². The number of nitrogens with zero attached hydrogens (tertiary/aromatic N) is 1. The fourth-order valence-corrected chi connectivity index (χ4v) is 2.11. The molecular formula is C16H20N2. The predicted molar refractivity (Wildman–Crippen MR) is 79.2 cm³/mol. The maximum atomic E-state index is 6.11. The van der Waals surface area contributed by atoms with Crippen LogP contribution in [0.2, 0.25) is 0 Å². The van der Waals surface area contributed by atoms with E-state index in [1.165, 1.54) is 5.69 Å². The lowest BCUT2D eigenvalue weighted by Crippen LogP contribution is -2.28. The highest BCUT2D eigenvalue weighted by atomic mass is 15.2. The van der Waals surface area contributed by atoms with Crippen LogP contribution >= 0.6 is 0 Å². The van der Waals surface area contributed by atoms with Crippen LogP contribution in [0.1, 0.15) is 20.3 Å². The number of hydrogen-bond donors (Lipinski definition) is 1. The fraction of sp³-hybridized carbons (Fsp3) is 0.250. The maximum Gasteiger partial charge on any atom is 0.0646 e. The van der Waals surface area contributed by atoms with Crippen molar-refractivity contribution in [2.24, 2.45) is 0 Å². The number of rotatable bonds is 4. The number of anilines is 3. The summed E-state index contributed by atoms with van der Waals surface area (Å²) in [6.45, 7) is 4.42. The van der Waals surface area contributed by atoms with E-state index in [2.05, 4.69) is 49.1 Å². The van der Waals surface area contributed by atoms with Gasteiger partial charge in [-0.05, 0) is 37.6 Å². The van der Waals surface area contributed by atoms with Crippen LogP contribution < -0.4 is 10.6 Å². The van der Waals surface area contributed by atoms with Crippen molar-refractivity contribution < 1.29 is 0 Å². The summed E-state index contributed by atoms with van der Waals surface area (Å²) in [4.78, 5) is 2.30. The van der Waals surface area contributed by atoms with Crippen molar-refractivity contribution >= 4 is 17.1 Å². The smallest absolute Gasteiger partial charge is 0.0646 e. The minimum absolute atomic E-state index is 0.414. The van der Waals surface area contributed by atoms with E-state index in [4.69, 9.17) is 5.73 Å². The summed E-state index contributed by atoms with van der Waals surface area (Å²) in [7, 11) is 0. The summed E-state index contributed by atoms with van der Waals surface area (Å²) in [6.07, 6.45) is 1.07. The number of benzene rings is 2. The average Bonchev–Trinajstić information content (AvgIpc) is 2.42. The number of nitrogens with two attached hydrogens (primary N) is 1. The van der Waals surface area contributed by atoms with E-state index in [1.54, 1.807) is 0 Å². The van der Waals surface area contributed by atoms with Gasteiger partial charge in [-0.3, -0.25) is 0 Å². The third kappa shape index (κ3) is 2.48. The second kappa shape index (κ2) is 5.58. The molecule has 0 radical (unpaired) electrons. The molecule has 2 N–H and O–H groups in total. The van der Waals surface area contributed by atoms with Crippen LogP contribution in [0.15, 0.2) is 54.6 Å². The molecule has 2 heteroatoms. The molecule has 0 aliphatic carbocycles. The molecule has 2 rings (SSSR count). The minimum atomic E-state index is 0.414. The quantitative estimate of drug-likeness (QED) is 0.811. The van der Waals surface area contributed by atoms with E-state index in [1.807, 2.05) is 24.3 Å². The first-order valence-electron chi connectivity index (χ1n) is 6.42. The molecular weight excluding hydrogens is 220 g/mol. The van der Waals surface area contributed by atoms with E-state index in [0.29, 0.717) is 6.04 Å². The van der Waals surface area contributed by atoms with E-state index in [9.17, 15) is 0 Å². The van der Waals surface area contributed by atoms with Crippen LogP contribution in [-0.2, 0) is 0 Å². The van der Waals surface area contributed by atoms with Gasteiger partial charge in [-0.2, -0.15) is 0 Å². The number of hydrogen-bond acceptors (Lipinski definition) is 2. The van der Waals surface area contributed by atoms with E-state index < -0.39 is 0 Å². The molecule has 2 aromatic rings. The Morgan fingerprint density at radius 2 is 1.61 bits per heavy atom. The van der Waals surface area contributed by atoms with Gasteiger partial charge in [0.2, 0.25) is 0 Å². The largest absolute Gasteiger partial charge is 0.397 e. The van der Waals surface area contributed by atoms with Gasteiger partial charge in [0.05, 0.1) is 11.4 Å². The standard InChI is InChI=1S/C16H20N2/c1-3-13(2)18(14-9-5-4-6-10-14)16-12-8-7-11-15(16)17/h4-13H,3,17H2,1-2H3. The van der Waals surface area contributed by atoms with E-state index >= 15 is 0 Å². The molecule has 0 aromatic heterocycles. The average molecular weight is 240 g/mol.